The molecule has 1 aromatic heterocycles. The highest BCUT2D eigenvalue weighted by Crippen LogP contribution is 2.15. The predicted octanol–water partition coefficient (Wildman–Crippen LogP) is 2.79. The fourth-order valence-electron chi connectivity index (χ4n) is 3.56. The number of carbonyl (C=O) groups excluding carboxylic acids is 1. The number of hydrogen-bond donors (Lipinski definition) is 2. The van der Waals surface area contributed by atoms with Gasteiger partial charge >= 0.3 is 6.03 Å². The lowest BCUT2D eigenvalue weighted by molar-refractivity contribution is 0.184. The van der Waals surface area contributed by atoms with Crippen molar-refractivity contribution in [1.82, 2.24) is 30.4 Å². The van der Waals surface area contributed by atoms with Gasteiger partial charge in [0, 0.05) is 19.1 Å². The zero-order chi connectivity index (χ0) is 21.6. The van der Waals surface area contributed by atoms with Gasteiger partial charge < -0.3 is 10.6 Å². The number of urea groups is 1. The molecule has 0 unspecified atom stereocenters. The number of nitrogens with one attached hydrogen (secondary N) is 2. The Balaban J connectivity index is 1.25. The minimum Gasteiger partial charge on any atom is -0.335 e. The fourth-order valence-corrected chi connectivity index (χ4v) is 3.56. The van der Waals surface area contributed by atoms with E-state index in [4.69, 9.17) is 0 Å². The number of rotatable bonds is 6. The third kappa shape index (κ3) is 5.60. The van der Waals surface area contributed by atoms with Crippen molar-refractivity contribution in [3.8, 4) is 0 Å². The lowest BCUT2D eigenvalue weighted by Crippen LogP contribution is -2.46. The molecule has 1 fully saturated rings. The molecular formula is C21H23F2N7O. The van der Waals surface area contributed by atoms with Gasteiger partial charge in [-0.3, -0.25) is 4.90 Å². The number of hydrogen-bond acceptors (Lipinski definition) is 5. The van der Waals surface area contributed by atoms with Crippen molar-refractivity contribution >= 4 is 11.7 Å². The molecule has 0 atom stereocenters. The molecule has 8 nitrogen and oxygen atoms in total. The number of aromatic nitrogens is 4. The Morgan fingerprint density at radius 1 is 1.03 bits per heavy atom. The van der Waals surface area contributed by atoms with Crippen molar-refractivity contribution in [3.63, 3.8) is 0 Å². The van der Waals surface area contributed by atoms with E-state index in [9.17, 15) is 13.6 Å². The summed E-state index contributed by atoms with van der Waals surface area (Å²) in [6.07, 6.45) is 1.54. The van der Waals surface area contributed by atoms with Gasteiger partial charge in [-0.25, -0.2) is 18.3 Å². The summed E-state index contributed by atoms with van der Waals surface area (Å²) >= 11 is 0. The van der Waals surface area contributed by atoms with E-state index in [2.05, 4.69) is 31.1 Å². The van der Waals surface area contributed by atoms with Gasteiger partial charge in [-0.2, -0.15) is 0 Å². The quantitative estimate of drug-likeness (QED) is 0.632. The van der Waals surface area contributed by atoms with Crippen LogP contribution in [0.3, 0.4) is 0 Å². The van der Waals surface area contributed by atoms with Gasteiger partial charge in [0.15, 0.2) is 5.82 Å². The van der Waals surface area contributed by atoms with Crippen LogP contribution in [0.25, 0.3) is 0 Å². The van der Waals surface area contributed by atoms with Gasteiger partial charge in [0.1, 0.15) is 11.6 Å². The second-order valence-electron chi connectivity index (χ2n) is 7.51. The molecule has 162 valence electrons. The minimum absolute atomic E-state index is 0.0123. The van der Waals surface area contributed by atoms with E-state index < -0.39 is 11.8 Å². The van der Waals surface area contributed by atoms with Crippen LogP contribution in [0.1, 0.15) is 24.2 Å². The van der Waals surface area contributed by atoms with Crippen LogP contribution in [-0.4, -0.2) is 50.3 Å². The first-order valence-corrected chi connectivity index (χ1v) is 10.1. The number of amides is 2. The normalized spacial score (nSPS) is 15.0. The summed E-state index contributed by atoms with van der Waals surface area (Å²) in [5.74, 6) is -0.0152. The van der Waals surface area contributed by atoms with Crippen LogP contribution >= 0.6 is 0 Å². The van der Waals surface area contributed by atoms with Gasteiger partial charge in [-0.15, -0.1) is 5.10 Å². The van der Waals surface area contributed by atoms with Crippen LogP contribution in [0, 0.1) is 11.6 Å². The second kappa shape index (κ2) is 9.61. The summed E-state index contributed by atoms with van der Waals surface area (Å²) in [4.78, 5) is 14.4. The van der Waals surface area contributed by atoms with E-state index in [1.807, 2.05) is 0 Å². The molecule has 0 bridgehead atoms. The van der Waals surface area contributed by atoms with Gasteiger partial charge in [-0.1, -0.05) is 24.3 Å². The van der Waals surface area contributed by atoms with E-state index in [1.165, 1.54) is 24.3 Å². The number of piperidine rings is 1. The summed E-state index contributed by atoms with van der Waals surface area (Å²) in [7, 11) is 0. The zero-order valence-electron chi connectivity index (χ0n) is 16.8. The second-order valence-corrected chi connectivity index (χ2v) is 7.51. The molecule has 31 heavy (non-hydrogen) atoms. The van der Waals surface area contributed by atoms with E-state index >= 15 is 0 Å². The van der Waals surface area contributed by atoms with Crippen molar-refractivity contribution in [2.75, 3.05) is 18.4 Å². The third-order valence-electron chi connectivity index (χ3n) is 5.26. The highest BCUT2D eigenvalue weighted by atomic mass is 19.1. The molecule has 10 heteroatoms. The highest BCUT2D eigenvalue weighted by Gasteiger charge is 2.22. The Hall–Kier alpha value is -3.40. The van der Waals surface area contributed by atoms with Gasteiger partial charge in [-0.05, 0) is 53.1 Å². The first kappa shape index (κ1) is 20.9. The first-order chi connectivity index (χ1) is 15.1. The Kier molecular flexibility index (Phi) is 6.46. The molecule has 4 rings (SSSR count). The molecule has 1 aliphatic rings. The number of carbonyl (C=O) groups is 1. The standard InChI is InChI=1S/C21H23F2N7O/c22-16-7-5-15(6-8-16)13-30-20(26-27-28-30)14-29-11-9-17(10-12-29)24-21(31)25-19-4-2-1-3-18(19)23/h1-8,17H,9-14H2,(H2,24,25,31). The number of tetrazole rings is 1. The molecule has 0 saturated carbocycles. The minimum atomic E-state index is -0.467. The van der Waals surface area contributed by atoms with Crippen LogP contribution < -0.4 is 10.6 Å². The number of para-hydroxylation sites is 1. The van der Waals surface area contributed by atoms with Crippen LogP contribution in [0.2, 0.25) is 0 Å². The Morgan fingerprint density at radius 3 is 2.52 bits per heavy atom. The highest BCUT2D eigenvalue weighted by molar-refractivity contribution is 5.89. The van der Waals surface area contributed by atoms with Crippen molar-refractivity contribution < 1.29 is 13.6 Å². The average molecular weight is 427 g/mol. The van der Waals surface area contributed by atoms with Crippen LogP contribution in [0.5, 0.6) is 0 Å². The molecule has 0 radical (unpaired) electrons. The van der Waals surface area contributed by atoms with Crippen molar-refractivity contribution in [2.24, 2.45) is 0 Å². The maximum Gasteiger partial charge on any atom is 0.319 e. The van der Waals surface area contributed by atoms with E-state index in [0.717, 1.165) is 37.3 Å². The molecule has 0 spiro atoms. The largest absolute Gasteiger partial charge is 0.335 e. The molecule has 2 N–H and O–H groups in total. The van der Waals surface area contributed by atoms with Crippen LogP contribution in [-0.2, 0) is 13.1 Å². The van der Waals surface area contributed by atoms with Gasteiger partial charge in [0.05, 0.1) is 18.8 Å². The molecule has 0 aliphatic carbocycles. The fraction of sp³-hybridized carbons (Fsp3) is 0.333. The third-order valence-corrected chi connectivity index (χ3v) is 5.26. The van der Waals surface area contributed by atoms with E-state index in [0.29, 0.717) is 13.1 Å². The SMILES string of the molecule is O=C(Nc1ccccc1F)NC1CCN(Cc2nnnn2Cc2ccc(F)cc2)CC1. The summed E-state index contributed by atoms with van der Waals surface area (Å²) in [6.45, 7) is 2.60. The Labute approximate surface area is 178 Å². The molecule has 1 aliphatic heterocycles. The molecular weight excluding hydrogens is 404 g/mol. The van der Waals surface area contributed by atoms with Crippen LogP contribution in [0.15, 0.2) is 48.5 Å². The first-order valence-electron chi connectivity index (χ1n) is 10.1. The van der Waals surface area contributed by atoms with Crippen molar-refractivity contribution in [1.29, 1.82) is 0 Å². The monoisotopic (exact) mass is 427 g/mol. The van der Waals surface area contributed by atoms with Crippen molar-refractivity contribution in [2.45, 2.75) is 32.0 Å². The lowest BCUT2D eigenvalue weighted by Gasteiger charge is -2.31. The van der Waals surface area contributed by atoms with Gasteiger partial charge in [0.2, 0.25) is 0 Å². The van der Waals surface area contributed by atoms with E-state index in [1.54, 1.807) is 28.9 Å². The predicted molar refractivity (Wildman–Crippen MR) is 110 cm³/mol. The number of likely N-dealkylation sites (tertiary alicyclic amines) is 1. The summed E-state index contributed by atoms with van der Waals surface area (Å²) in [5, 5.41) is 17.4. The Morgan fingerprint density at radius 2 is 1.77 bits per heavy atom. The summed E-state index contributed by atoms with van der Waals surface area (Å²) < 4.78 is 28.5. The maximum atomic E-state index is 13.7. The topological polar surface area (TPSA) is 88.0 Å². The van der Waals surface area contributed by atoms with Gasteiger partial charge in [0.25, 0.3) is 0 Å². The smallest absolute Gasteiger partial charge is 0.319 e. The molecule has 2 amide bonds. The number of halogens is 2. The molecule has 2 heterocycles. The number of benzene rings is 2. The number of nitrogens with zero attached hydrogens (tertiary/aromatic N) is 5. The van der Waals surface area contributed by atoms with E-state index in [-0.39, 0.29) is 17.5 Å². The van der Waals surface area contributed by atoms with Crippen LogP contribution in [0.4, 0.5) is 19.3 Å². The van der Waals surface area contributed by atoms with Crippen molar-refractivity contribution in [3.05, 3.63) is 71.6 Å². The molecule has 2 aromatic carbocycles. The maximum absolute atomic E-state index is 13.7. The molecule has 1 saturated heterocycles. The summed E-state index contributed by atoms with van der Waals surface area (Å²) in [5.41, 5.74) is 1.07. The average Bonchev–Trinajstić information content (AvgIpc) is 3.19. The Bertz CT molecular complexity index is 1020. The lowest BCUT2D eigenvalue weighted by atomic mass is 10.1. The zero-order valence-corrected chi connectivity index (χ0v) is 16.8. The number of anilines is 1. The summed E-state index contributed by atoms with van der Waals surface area (Å²) in [6, 6.07) is 11.9. The molecule has 3 aromatic rings.